The molecule has 0 aromatic rings. The molecule has 0 radical (unpaired) electrons. The van der Waals surface area contributed by atoms with Gasteiger partial charge in [0.25, 0.3) is 0 Å². The van der Waals surface area contributed by atoms with Gasteiger partial charge in [0, 0.05) is 19.6 Å². The van der Waals surface area contributed by atoms with Gasteiger partial charge in [-0.15, -0.1) is 5.92 Å². The minimum absolute atomic E-state index is 0.349. The number of hydrogen-bond donors (Lipinski definition) is 0. The summed E-state index contributed by atoms with van der Waals surface area (Å²) in [5.74, 6) is 6.05. The molecule has 1 fully saturated rings. The first-order valence-corrected chi connectivity index (χ1v) is 7.68. The van der Waals surface area contributed by atoms with Crippen LogP contribution in [0.2, 0.25) is 0 Å². The minimum Gasteiger partial charge on any atom is -0.374 e. The van der Waals surface area contributed by atoms with Crippen molar-refractivity contribution in [3.63, 3.8) is 0 Å². The number of rotatable bonds is 4. The zero-order valence-corrected chi connectivity index (χ0v) is 14.1. The van der Waals surface area contributed by atoms with Gasteiger partial charge < -0.3 is 9.64 Å². The van der Waals surface area contributed by atoms with E-state index in [2.05, 4.69) is 35.6 Å². The van der Waals surface area contributed by atoms with Gasteiger partial charge in [0.05, 0.1) is 19.3 Å². The first-order valence-electron chi connectivity index (χ1n) is 7.68. The van der Waals surface area contributed by atoms with Crippen molar-refractivity contribution < 1.29 is 4.74 Å². The van der Waals surface area contributed by atoms with E-state index in [1.54, 1.807) is 0 Å². The van der Waals surface area contributed by atoms with Gasteiger partial charge in [0.1, 0.15) is 0 Å². The fraction of sp³-hybridized carbons (Fsp3) is 0.875. The Hall–Kier alpha value is -0.560. The Bertz CT molecular complexity index is 233. The van der Waals surface area contributed by atoms with Crippen LogP contribution >= 0.6 is 0 Å². The lowest BCUT2D eigenvalue weighted by Gasteiger charge is -2.33. The smallest absolute Gasteiger partial charge is 0.0829 e. The van der Waals surface area contributed by atoms with E-state index in [1.807, 2.05) is 34.6 Å². The molecule has 0 amide bonds. The molecule has 1 atom stereocenters. The van der Waals surface area contributed by atoms with Gasteiger partial charge >= 0.3 is 0 Å². The Morgan fingerprint density at radius 1 is 1.26 bits per heavy atom. The molecule has 0 saturated carbocycles. The number of nitrogens with zero attached hydrogens (tertiary/aromatic N) is 2. The van der Waals surface area contributed by atoms with Crippen molar-refractivity contribution in [1.82, 2.24) is 9.80 Å². The molecule has 1 rings (SSSR count). The molecule has 0 bridgehead atoms. The minimum atomic E-state index is 0.349. The SMILES string of the molecule is CC.CC.CC#CCN1CCOC(CN(C)CC)C1. The second kappa shape index (κ2) is 15.5. The Morgan fingerprint density at radius 2 is 1.89 bits per heavy atom. The van der Waals surface area contributed by atoms with Crippen molar-refractivity contribution in [3.8, 4) is 11.8 Å². The topological polar surface area (TPSA) is 15.7 Å². The van der Waals surface area contributed by atoms with Crippen LogP contribution in [0.1, 0.15) is 41.5 Å². The quantitative estimate of drug-likeness (QED) is 0.731. The maximum Gasteiger partial charge on any atom is 0.0829 e. The average molecular weight is 270 g/mol. The molecule has 3 heteroatoms. The van der Waals surface area contributed by atoms with E-state index in [9.17, 15) is 0 Å². The molecule has 19 heavy (non-hydrogen) atoms. The zero-order valence-electron chi connectivity index (χ0n) is 14.1. The predicted octanol–water partition coefficient (Wildman–Crippen LogP) is 2.71. The van der Waals surface area contributed by atoms with Gasteiger partial charge in [0.15, 0.2) is 0 Å². The second-order valence-corrected chi connectivity index (χ2v) is 4.01. The average Bonchev–Trinajstić information content (AvgIpc) is 2.49. The summed E-state index contributed by atoms with van der Waals surface area (Å²) in [6, 6.07) is 0. The van der Waals surface area contributed by atoms with Crippen molar-refractivity contribution in [2.24, 2.45) is 0 Å². The molecule has 0 N–H and O–H groups in total. The highest BCUT2D eigenvalue weighted by Gasteiger charge is 2.20. The van der Waals surface area contributed by atoms with Crippen molar-refractivity contribution in [2.45, 2.75) is 47.6 Å². The van der Waals surface area contributed by atoms with Gasteiger partial charge in [0.2, 0.25) is 0 Å². The monoisotopic (exact) mass is 270 g/mol. The molecule has 0 spiro atoms. The fourth-order valence-corrected chi connectivity index (χ4v) is 1.70. The van der Waals surface area contributed by atoms with Gasteiger partial charge in [-0.1, -0.05) is 40.5 Å². The van der Waals surface area contributed by atoms with Gasteiger partial charge in [-0.2, -0.15) is 0 Å². The lowest BCUT2D eigenvalue weighted by molar-refractivity contribution is -0.0358. The van der Waals surface area contributed by atoms with Crippen LogP contribution in [0.15, 0.2) is 0 Å². The van der Waals surface area contributed by atoms with Crippen LogP contribution < -0.4 is 0 Å². The molecular formula is C16H34N2O. The molecule has 0 aromatic carbocycles. The Kier molecular flexibility index (Phi) is 16.9. The molecule has 1 saturated heterocycles. The fourth-order valence-electron chi connectivity index (χ4n) is 1.70. The molecule has 0 aromatic heterocycles. The van der Waals surface area contributed by atoms with E-state index >= 15 is 0 Å². The van der Waals surface area contributed by atoms with Crippen molar-refractivity contribution in [2.75, 3.05) is 46.4 Å². The second-order valence-electron chi connectivity index (χ2n) is 4.01. The van der Waals surface area contributed by atoms with Crippen LogP contribution in [0.25, 0.3) is 0 Å². The molecule has 0 aliphatic carbocycles. The summed E-state index contributed by atoms with van der Waals surface area (Å²) in [7, 11) is 2.13. The first kappa shape index (κ1) is 20.8. The summed E-state index contributed by atoms with van der Waals surface area (Å²) in [4.78, 5) is 4.66. The number of morpholine rings is 1. The van der Waals surface area contributed by atoms with E-state index < -0.39 is 0 Å². The van der Waals surface area contributed by atoms with Crippen LogP contribution in [0.4, 0.5) is 0 Å². The molecule has 1 unspecified atom stereocenters. The van der Waals surface area contributed by atoms with E-state index in [4.69, 9.17) is 4.74 Å². The zero-order chi connectivity index (χ0) is 15.1. The summed E-state index contributed by atoms with van der Waals surface area (Å²) in [5, 5.41) is 0. The Balaban J connectivity index is 0. The van der Waals surface area contributed by atoms with Crippen LogP contribution in [0.5, 0.6) is 0 Å². The first-order chi connectivity index (χ1) is 9.26. The molecular weight excluding hydrogens is 236 g/mol. The van der Waals surface area contributed by atoms with Gasteiger partial charge in [-0.3, -0.25) is 4.90 Å². The normalized spacial score (nSPS) is 18.4. The lowest BCUT2D eigenvalue weighted by Crippen LogP contribution is -2.46. The molecule has 1 aliphatic rings. The van der Waals surface area contributed by atoms with E-state index in [0.717, 1.165) is 39.3 Å². The standard InChI is InChI=1S/C12H22N2O.2C2H6/c1-4-6-7-14-8-9-15-12(11-14)10-13(3)5-2;2*1-2/h12H,5,7-11H2,1-3H3;2*1-2H3. The van der Waals surface area contributed by atoms with Crippen LogP contribution in [0.3, 0.4) is 0 Å². The summed E-state index contributed by atoms with van der Waals surface area (Å²) in [5.41, 5.74) is 0. The third-order valence-electron chi connectivity index (χ3n) is 2.76. The van der Waals surface area contributed by atoms with Gasteiger partial charge in [-0.05, 0) is 20.5 Å². The summed E-state index contributed by atoms with van der Waals surface area (Å²) in [6.45, 7) is 17.9. The van der Waals surface area contributed by atoms with Gasteiger partial charge in [-0.25, -0.2) is 0 Å². The third-order valence-corrected chi connectivity index (χ3v) is 2.76. The number of hydrogen-bond acceptors (Lipinski definition) is 3. The molecule has 3 nitrogen and oxygen atoms in total. The largest absolute Gasteiger partial charge is 0.374 e. The van der Waals surface area contributed by atoms with Crippen LogP contribution in [-0.4, -0.2) is 62.3 Å². The highest BCUT2D eigenvalue weighted by atomic mass is 16.5. The van der Waals surface area contributed by atoms with E-state index in [0.29, 0.717) is 6.10 Å². The van der Waals surface area contributed by atoms with E-state index in [-0.39, 0.29) is 0 Å². The molecule has 1 heterocycles. The number of likely N-dealkylation sites (N-methyl/N-ethyl adjacent to an activating group) is 1. The number of ether oxygens (including phenoxy) is 1. The summed E-state index contributed by atoms with van der Waals surface area (Å²) in [6.07, 6.45) is 0.349. The summed E-state index contributed by atoms with van der Waals surface area (Å²) < 4.78 is 5.73. The molecule has 114 valence electrons. The van der Waals surface area contributed by atoms with Crippen LogP contribution in [-0.2, 0) is 4.74 Å². The highest BCUT2D eigenvalue weighted by Crippen LogP contribution is 2.05. The van der Waals surface area contributed by atoms with Crippen molar-refractivity contribution in [1.29, 1.82) is 0 Å². The Labute approximate surface area is 121 Å². The maximum atomic E-state index is 5.73. The lowest BCUT2D eigenvalue weighted by atomic mass is 10.2. The Morgan fingerprint density at radius 3 is 2.42 bits per heavy atom. The molecule has 1 aliphatic heterocycles. The maximum absolute atomic E-state index is 5.73. The van der Waals surface area contributed by atoms with E-state index in [1.165, 1.54) is 0 Å². The van der Waals surface area contributed by atoms with Crippen molar-refractivity contribution in [3.05, 3.63) is 0 Å². The van der Waals surface area contributed by atoms with Crippen molar-refractivity contribution >= 4 is 0 Å². The summed E-state index contributed by atoms with van der Waals surface area (Å²) >= 11 is 0. The van der Waals surface area contributed by atoms with Crippen LogP contribution in [0, 0.1) is 11.8 Å². The predicted molar refractivity (Wildman–Crippen MR) is 85.5 cm³/mol. The highest BCUT2D eigenvalue weighted by molar-refractivity contribution is 4.98. The third kappa shape index (κ3) is 11.0.